The average Bonchev–Trinajstić information content (AvgIpc) is 1.91. The van der Waals surface area contributed by atoms with Crippen LogP contribution in [-0.2, 0) is 14.6 Å². The topological polar surface area (TPSA) is 47.6 Å². The summed E-state index contributed by atoms with van der Waals surface area (Å²) >= 11 is 0. The predicted molar refractivity (Wildman–Crippen MR) is 40.2 cm³/mol. The third-order valence-corrected chi connectivity index (χ3v) is 2.08. The lowest BCUT2D eigenvalue weighted by Crippen LogP contribution is -2.30. The maximum atomic E-state index is 10.8. The molecule has 0 saturated heterocycles. The lowest BCUT2D eigenvalue weighted by molar-refractivity contribution is -0.254. The molecule has 0 spiro atoms. The van der Waals surface area contributed by atoms with Crippen LogP contribution in [-0.4, -0.2) is 32.6 Å². The number of hydrogen-bond donors (Lipinski definition) is 1. The Morgan fingerprint density at radius 1 is 1.70 bits per heavy atom. The van der Waals surface area contributed by atoms with E-state index in [9.17, 15) is 4.79 Å². The Bertz CT molecular complexity index is 105. The van der Waals surface area contributed by atoms with Gasteiger partial charge in [-0.05, 0) is 13.7 Å². The summed E-state index contributed by atoms with van der Waals surface area (Å²) in [4.78, 5) is 19.3. The van der Waals surface area contributed by atoms with Crippen LogP contribution in [0.2, 0.25) is 0 Å². The van der Waals surface area contributed by atoms with Gasteiger partial charge in [0, 0.05) is 0 Å². The molecule has 0 rings (SSSR count). The molecule has 0 fully saturated rings. The van der Waals surface area contributed by atoms with Crippen molar-refractivity contribution in [2.45, 2.75) is 5.78 Å². The van der Waals surface area contributed by atoms with Gasteiger partial charge in [0.2, 0.25) is 0 Å². The van der Waals surface area contributed by atoms with Crippen molar-refractivity contribution < 1.29 is 14.6 Å². The second kappa shape index (κ2) is 5.59. The monoisotopic (exact) mass is 165 g/mol. The first-order chi connectivity index (χ1) is 4.76. The van der Waals surface area contributed by atoms with Crippen molar-refractivity contribution in [3.63, 3.8) is 0 Å². The average molecular weight is 165 g/mol. The van der Waals surface area contributed by atoms with Crippen LogP contribution in [0.25, 0.3) is 0 Å². The van der Waals surface area contributed by atoms with Crippen molar-refractivity contribution in [2.24, 2.45) is 0 Å². The van der Waals surface area contributed by atoms with Gasteiger partial charge in [-0.1, -0.05) is 8.58 Å². The van der Waals surface area contributed by atoms with Gasteiger partial charge in [0.25, 0.3) is 0 Å². The molecule has 4 nitrogen and oxygen atoms in total. The molecule has 0 radical (unpaired) electrons. The molecular formula is C5H12NO3P. The SMILES string of the molecule is CNC(PC)C(=O)OOC. The van der Waals surface area contributed by atoms with Gasteiger partial charge >= 0.3 is 5.97 Å². The first kappa shape index (κ1) is 9.82. The highest BCUT2D eigenvalue weighted by Gasteiger charge is 2.15. The normalized spacial score (nSPS) is 13.9. The Morgan fingerprint density at radius 3 is 2.60 bits per heavy atom. The molecule has 1 N–H and O–H groups in total. The highest BCUT2D eigenvalue weighted by Crippen LogP contribution is 2.11. The van der Waals surface area contributed by atoms with Crippen LogP contribution >= 0.6 is 8.58 Å². The summed E-state index contributed by atoms with van der Waals surface area (Å²) in [5, 5.41) is 2.79. The van der Waals surface area contributed by atoms with Crippen molar-refractivity contribution >= 4 is 14.6 Å². The van der Waals surface area contributed by atoms with Crippen molar-refractivity contribution in [2.75, 3.05) is 20.8 Å². The molecule has 0 saturated carbocycles. The number of carbonyl (C=O) groups is 1. The Hall–Kier alpha value is -0.180. The standard InChI is InChI=1S/C5H12NO3P/c1-6-4(10-3)5(7)9-8-2/h4,6,10H,1-3H3. The van der Waals surface area contributed by atoms with Crippen LogP contribution in [0.5, 0.6) is 0 Å². The molecule has 2 unspecified atom stereocenters. The van der Waals surface area contributed by atoms with E-state index in [0.29, 0.717) is 8.58 Å². The Labute approximate surface area is 62.0 Å². The van der Waals surface area contributed by atoms with Crippen molar-refractivity contribution in [1.82, 2.24) is 5.32 Å². The number of nitrogens with one attached hydrogen (secondary N) is 1. The fourth-order valence-corrected chi connectivity index (χ4v) is 1.08. The van der Waals surface area contributed by atoms with Gasteiger partial charge < -0.3 is 5.32 Å². The maximum absolute atomic E-state index is 10.8. The second-order valence-corrected chi connectivity index (χ2v) is 2.73. The number of likely N-dealkylation sites (N-methyl/N-ethyl adjacent to an activating group) is 1. The lowest BCUT2D eigenvalue weighted by atomic mass is 10.6. The molecule has 5 heteroatoms. The molecule has 0 bridgehead atoms. The molecule has 0 aromatic rings. The lowest BCUT2D eigenvalue weighted by Gasteiger charge is -2.09. The van der Waals surface area contributed by atoms with Crippen LogP contribution in [0.15, 0.2) is 0 Å². The molecule has 10 heavy (non-hydrogen) atoms. The van der Waals surface area contributed by atoms with Crippen LogP contribution < -0.4 is 5.32 Å². The van der Waals surface area contributed by atoms with E-state index in [1.165, 1.54) is 7.11 Å². The maximum Gasteiger partial charge on any atom is 0.363 e. The van der Waals surface area contributed by atoms with Crippen molar-refractivity contribution in [3.05, 3.63) is 0 Å². The number of hydrogen-bond acceptors (Lipinski definition) is 4. The van der Waals surface area contributed by atoms with Gasteiger partial charge in [0.1, 0.15) is 5.78 Å². The minimum absolute atomic E-state index is 0.236. The molecule has 0 aliphatic rings. The van der Waals surface area contributed by atoms with E-state index in [1.807, 2.05) is 6.66 Å². The largest absolute Gasteiger partial charge is 0.363 e. The Morgan fingerprint density at radius 2 is 2.30 bits per heavy atom. The van der Waals surface area contributed by atoms with E-state index in [1.54, 1.807) is 7.05 Å². The van der Waals surface area contributed by atoms with E-state index in [0.717, 1.165) is 0 Å². The molecule has 0 aromatic carbocycles. The predicted octanol–water partition coefficient (Wildman–Crippen LogP) is -0.0552. The first-order valence-corrected chi connectivity index (χ1v) is 4.43. The molecule has 0 heterocycles. The van der Waals surface area contributed by atoms with E-state index in [-0.39, 0.29) is 11.8 Å². The van der Waals surface area contributed by atoms with Crippen LogP contribution in [0.4, 0.5) is 0 Å². The Balaban J connectivity index is 3.65. The summed E-state index contributed by atoms with van der Waals surface area (Å²) < 4.78 is 0. The van der Waals surface area contributed by atoms with Crippen molar-refractivity contribution in [1.29, 1.82) is 0 Å². The van der Waals surface area contributed by atoms with E-state index in [4.69, 9.17) is 0 Å². The molecular weight excluding hydrogens is 153 g/mol. The second-order valence-electron chi connectivity index (χ2n) is 1.58. The van der Waals surface area contributed by atoms with Gasteiger partial charge in [-0.2, -0.15) is 4.89 Å². The minimum Gasteiger partial charge on any atom is -0.304 e. The van der Waals surface area contributed by atoms with Gasteiger partial charge in [-0.25, -0.2) is 4.79 Å². The third kappa shape index (κ3) is 3.11. The van der Waals surface area contributed by atoms with Crippen LogP contribution in [0.3, 0.4) is 0 Å². The summed E-state index contributed by atoms with van der Waals surface area (Å²) in [5.74, 6) is -0.606. The summed E-state index contributed by atoms with van der Waals surface area (Å²) in [6.45, 7) is 1.91. The highest BCUT2D eigenvalue weighted by molar-refractivity contribution is 7.39. The van der Waals surface area contributed by atoms with E-state index in [2.05, 4.69) is 15.1 Å². The van der Waals surface area contributed by atoms with E-state index >= 15 is 0 Å². The summed E-state index contributed by atoms with van der Waals surface area (Å²) in [7, 11) is 3.49. The minimum atomic E-state index is -0.370. The third-order valence-electron chi connectivity index (χ3n) is 0.979. The summed E-state index contributed by atoms with van der Waals surface area (Å²) in [6, 6.07) is 0. The van der Waals surface area contributed by atoms with E-state index < -0.39 is 0 Å². The highest BCUT2D eigenvalue weighted by atomic mass is 31.1. The fraction of sp³-hybridized carbons (Fsp3) is 0.800. The zero-order chi connectivity index (χ0) is 7.98. The summed E-state index contributed by atoms with van der Waals surface area (Å²) in [5.41, 5.74) is 0. The fourth-order valence-electron chi connectivity index (χ4n) is 0.510. The molecule has 0 aliphatic heterocycles. The van der Waals surface area contributed by atoms with Gasteiger partial charge in [0.05, 0.1) is 7.11 Å². The quantitative estimate of drug-likeness (QED) is 0.360. The van der Waals surface area contributed by atoms with Crippen LogP contribution in [0, 0.1) is 0 Å². The first-order valence-electron chi connectivity index (χ1n) is 2.85. The van der Waals surface area contributed by atoms with Crippen molar-refractivity contribution in [3.8, 4) is 0 Å². The molecule has 60 valence electrons. The van der Waals surface area contributed by atoms with Gasteiger partial charge in [0.15, 0.2) is 0 Å². The Kier molecular flexibility index (Phi) is 5.49. The zero-order valence-electron chi connectivity index (χ0n) is 6.30. The van der Waals surface area contributed by atoms with Gasteiger partial charge in [-0.3, -0.25) is 4.89 Å². The van der Waals surface area contributed by atoms with Gasteiger partial charge in [-0.15, -0.1) is 0 Å². The smallest absolute Gasteiger partial charge is 0.304 e. The van der Waals surface area contributed by atoms with Crippen LogP contribution in [0.1, 0.15) is 0 Å². The molecule has 0 aromatic heterocycles. The summed E-state index contributed by atoms with van der Waals surface area (Å²) in [6.07, 6.45) is 0. The molecule has 0 amide bonds. The zero-order valence-corrected chi connectivity index (χ0v) is 7.30. The molecule has 0 aliphatic carbocycles. The number of carbonyl (C=O) groups excluding carboxylic acids is 1. The number of rotatable bonds is 4. The molecule has 2 atom stereocenters.